The lowest BCUT2D eigenvalue weighted by Gasteiger charge is -2.34. The van der Waals surface area contributed by atoms with Crippen LogP contribution in [0.3, 0.4) is 0 Å². The molecule has 2 rings (SSSR count). The summed E-state index contributed by atoms with van der Waals surface area (Å²) in [7, 11) is 0. The SMILES string of the molecule is Cc1ccc(C)c(C(=O)COC2CCC(C)(C)CC2)c1. The maximum atomic E-state index is 12.3. The highest BCUT2D eigenvalue weighted by atomic mass is 16.5. The molecule has 1 saturated carbocycles. The van der Waals surface area contributed by atoms with Gasteiger partial charge >= 0.3 is 0 Å². The lowest BCUT2D eigenvalue weighted by atomic mass is 9.76. The van der Waals surface area contributed by atoms with Gasteiger partial charge in [0, 0.05) is 5.56 Å². The van der Waals surface area contributed by atoms with Crippen LogP contribution in [0.2, 0.25) is 0 Å². The molecule has 110 valence electrons. The Morgan fingerprint density at radius 3 is 2.55 bits per heavy atom. The molecule has 1 aliphatic carbocycles. The van der Waals surface area contributed by atoms with Gasteiger partial charge < -0.3 is 4.74 Å². The van der Waals surface area contributed by atoms with Gasteiger partial charge in [0.15, 0.2) is 5.78 Å². The highest BCUT2D eigenvalue weighted by molar-refractivity contribution is 5.98. The average Bonchev–Trinajstić information content (AvgIpc) is 2.40. The van der Waals surface area contributed by atoms with E-state index in [4.69, 9.17) is 4.74 Å². The van der Waals surface area contributed by atoms with Crippen molar-refractivity contribution in [2.75, 3.05) is 6.61 Å². The van der Waals surface area contributed by atoms with Gasteiger partial charge in [-0.3, -0.25) is 4.79 Å². The molecule has 1 aromatic rings. The highest BCUT2D eigenvalue weighted by Crippen LogP contribution is 2.36. The summed E-state index contributed by atoms with van der Waals surface area (Å²) >= 11 is 0. The highest BCUT2D eigenvalue weighted by Gasteiger charge is 2.27. The van der Waals surface area contributed by atoms with Gasteiger partial charge in [0.25, 0.3) is 0 Å². The van der Waals surface area contributed by atoms with Crippen molar-refractivity contribution in [3.63, 3.8) is 0 Å². The van der Waals surface area contributed by atoms with E-state index in [1.54, 1.807) is 0 Å². The molecular formula is C18H26O2. The van der Waals surface area contributed by atoms with Crippen LogP contribution in [0.1, 0.15) is 61.0 Å². The minimum atomic E-state index is 0.107. The van der Waals surface area contributed by atoms with E-state index in [2.05, 4.69) is 13.8 Å². The van der Waals surface area contributed by atoms with Crippen molar-refractivity contribution in [3.8, 4) is 0 Å². The molecule has 0 heterocycles. The Bertz CT molecular complexity index is 478. The molecule has 0 aromatic heterocycles. The van der Waals surface area contributed by atoms with E-state index in [9.17, 15) is 4.79 Å². The first-order valence-electron chi connectivity index (χ1n) is 7.59. The predicted octanol–water partition coefficient (Wildman–Crippen LogP) is 4.47. The molecule has 0 radical (unpaired) electrons. The van der Waals surface area contributed by atoms with Crippen molar-refractivity contribution in [1.82, 2.24) is 0 Å². The minimum Gasteiger partial charge on any atom is -0.370 e. The van der Waals surface area contributed by atoms with Crippen LogP contribution in [-0.2, 0) is 4.74 Å². The number of carbonyl (C=O) groups is 1. The van der Waals surface area contributed by atoms with E-state index >= 15 is 0 Å². The van der Waals surface area contributed by atoms with Crippen LogP contribution in [0.25, 0.3) is 0 Å². The third-order valence-corrected chi connectivity index (χ3v) is 4.43. The van der Waals surface area contributed by atoms with Crippen LogP contribution in [0, 0.1) is 19.3 Å². The molecule has 0 unspecified atom stereocenters. The normalized spacial score (nSPS) is 19.0. The fourth-order valence-electron chi connectivity index (χ4n) is 2.85. The Hall–Kier alpha value is -1.15. The summed E-state index contributed by atoms with van der Waals surface area (Å²) < 4.78 is 5.84. The van der Waals surface area contributed by atoms with Gasteiger partial charge in [-0.2, -0.15) is 0 Å². The van der Waals surface area contributed by atoms with Crippen LogP contribution >= 0.6 is 0 Å². The molecule has 0 aliphatic heterocycles. The first-order valence-corrected chi connectivity index (χ1v) is 7.59. The minimum absolute atomic E-state index is 0.107. The lowest BCUT2D eigenvalue weighted by Crippen LogP contribution is -2.28. The number of rotatable bonds is 4. The first kappa shape index (κ1) is 15.2. The van der Waals surface area contributed by atoms with Gasteiger partial charge in [-0.1, -0.05) is 31.5 Å². The third-order valence-electron chi connectivity index (χ3n) is 4.43. The molecule has 1 fully saturated rings. The number of aryl methyl sites for hydroxylation is 2. The lowest BCUT2D eigenvalue weighted by molar-refractivity contribution is 0.00860. The Balaban J connectivity index is 1.88. The van der Waals surface area contributed by atoms with Crippen molar-refractivity contribution in [1.29, 1.82) is 0 Å². The van der Waals surface area contributed by atoms with Crippen molar-refractivity contribution in [2.24, 2.45) is 5.41 Å². The molecule has 1 aromatic carbocycles. The summed E-state index contributed by atoms with van der Waals surface area (Å²) in [6.07, 6.45) is 4.79. The van der Waals surface area contributed by atoms with Gasteiger partial charge in [0.1, 0.15) is 6.61 Å². The molecule has 0 saturated heterocycles. The van der Waals surface area contributed by atoms with Crippen molar-refractivity contribution in [2.45, 2.75) is 59.5 Å². The Morgan fingerprint density at radius 1 is 1.25 bits per heavy atom. The monoisotopic (exact) mass is 274 g/mol. The predicted molar refractivity (Wildman–Crippen MR) is 82.2 cm³/mol. The number of carbonyl (C=O) groups excluding carboxylic acids is 1. The van der Waals surface area contributed by atoms with E-state index in [0.717, 1.165) is 29.5 Å². The van der Waals surface area contributed by atoms with Crippen LogP contribution < -0.4 is 0 Å². The van der Waals surface area contributed by atoms with Crippen molar-refractivity contribution >= 4 is 5.78 Å². The molecule has 0 N–H and O–H groups in total. The molecule has 2 nitrogen and oxygen atoms in total. The summed E-state index contributed by atoms with van der Waals surface area (Å²) in [5.41, 5.74) is 3.41. The van der Waals surface area contributed by atoms with Crippen molar-refractivity contribution in [3.05, 3.63) is 34.9 Å². The summed E-state index contributed by atoms with van der Waals surface area (Å²) in [6.45, 7) is 8.83. The van der Waals surface area contributed by atoms with E-state index in [1.165, 1.54) is 12.8 Å². The van der Waals surface area contributed by atoms with Gasteiger partial charge in [0.2, 0.25) is 0 Å². The fraction of sp³-hybridized carbons (Fsp3) is 0.611. The zero-order chi connectivity index (χ0) is 14.8. The van der Waals surface area contributed by atoms with Gasteiger partial charge in [0.05, 0.1) is 6.10 Å². The van der Waals surface area contributed by atoms with Crippen LogP contribution in [0.5, 0.6) is 0 Å². The largest absolute Gasteiger partial charge is 0.370 e. The fourth-order valence-corrected chi connectivity index (χ4v) is 2.85. The van der Waals surface area contributed by atoms with Gasteiger partial charge in [-0.05, 0) is 56.6 Å². The Labute approximate surface area is 122 Å². The standard InChI is InChI=1S/C18H26O2/c1-13-5-6-14(2)16(11-13)17(19)12-20-15-7-9-18(3,4)10-8-15/h5-6,11,15H,7-10,12H2,1-4H3. The topological polar surface area (TPSA) is 26.3 Å². The molecule has 0 spiro atoms. The van der Waals surface area contributed by atoms with Crippen LogP contribution in [0.4, 0.5) is 0 Å². The Morgan fingerprint density at radius 2 is 1.90 bits per heavy atom. The van der Waals surface area contributed by atoms with E-state index in [1.807, 2.05) is 32.0 Å². The van der Waals surface area contributed by atoms with E-state index in [0.29, 0.717) is 5.41 Å². The maximum absolute atomic E-state index is 12.3. The zero-order valence-corrected chi connectivity index (χ0v) is 13.2. The molecule has 1 aliphatic rings. The second kappa shape index (κ2) is 6.09. The number of Topliss-reactive ketones (excluding diaryl/α,β-unsaturated/α-hetero) is 1. The molecule has 0 atom stereocenters. The zero-order valence-electron chi connectivity index (χ0n) is 13.2. The second-order valence-electron chi connectivity index (χ2n) is 6.92. The van der Waals surface area contributed by atoms with E-state index < -0.39 is 0 Å². The number of hydrogen-bond acceptors (Lipinski definition) is 2. The quantitative estimate of drug-likeness (QED) is 0.757. The summed E-state index contributed by atoms with van der Waals surface area (Å²) in [5.74, 6) is 0.107. The Kier molecular flexibility index (Phi) is 4.64. The maximum Gasteiger partial charge on any atom is 0.188 e. The molecule has 2 heteroatoms. The first-order chi connectivity index (χ1) is 9.37. The number of ether oxygens (including phenoxy) is 1. The molecule has 0 amide bonds. The number of hydrogen-bond donors (Lipinski definition) is 0. The van der Waals surface area contributed by atoms with Gasteiger partial charge in [-0.15, -0.1) is 0 Å². The van der Waals surface area contributed by atoms with Gasteiger partial charge in [-0.25, -0.2) is 0 Å². The smallest absolute Gasteiger partial charge is 0.188 e. The molecule has 20 heavy (non-hydrogen) atoms. The third kappa shape index (κ3) is 3.92. The van der Waals surface area contributed by atoms with E-state index in [-0.39, 0.29) is 18.5 Å². The number of ketones is 1. The number of benzene rings is 1. The summed E-state index contributed by atoms with van der Waals surface area (Å²) in [6, 6.07) is 6.01. The summed E-state index contributed by atoms with van der Waals surface area (Å²) in [4.78, 5) is 12.3. The van der Waals surface area contributed by atoms with Crippen LogP contribution in [0.15, 0.2) is 18.2 Å². The molecule has 0 bridgehead atoms. The van der Waals surface area contributed by atoms with Crippen molar-refractivity contribution < 1.29 is 9.53 Å². The van der Waals surface area contributed by atoms with Crippen LogP contribution in [-0.4, -0.2) is 18.5 Å². The second-order valence-corrected chi connectivity index (χ2v) is 6.92. The summed E-state index contributed by atoms with van der Waals surface area (Å²) in [5, 5.41) is 0. The average molecular weight is 274 g/mol. The molecular weight excluding hydrogens is 248 g/mol.